The summed E-state index contributed by atoms with van der Waals surface area (Å²) >= 11 is 0. The Morgan fingerprint density at radius 2 is 2.24 bits per heavy atom. The Balaban J connectivity index is 2.35. The quantitative estimate of drug-likeness (QED) is 0.746. The van der Waals surface area contributed by atoms with E-state index in [4.69, 9.17) is 5.11 Å². The molecule has 0 spiro atoms. The lowest BCUT2D eigenvalue weighted by atomic mass is 9.92. The molecule has 0 aromatic carbocycles. The maximum atomic E-state index is 10.5. The highest BCUT2D eigenvalue weighted by atomic mass is 16.4. The van der Waals surface area contributed by atoms with Gasteiger partial charge in [0.2, 0.25) is 0 Å². The number of carbonyl (C=O) groups is 1. The molecule has 0 radical (unpaired) electrons. The molecule has 2 N–H and O–H groups in total. The molecule has 0 aromatic heterocycles. The molecule has 100 valence electrons. The van der Waals surface area contributed by atoms with Gasteiger partial charge < -0.3 is 15.1 Å². The fourth-order valence-corrected chi connectivity index (χ4v) is 2.45. The minimum atomic E-state index is -0.706. The van der Waals surface area contributed by atoms with Gasteiger partial charge in [-0.05, 0) is 45.1 Å². The number of β-amino-alcohol motifs (C(OH)–C–C–N with tert-alkyl or cyclic N) is 1. The highest BCUT2D eigenvalue weighted by Gasteiger charge is 2.26. The standard InChI is InChI=1S/C13H25NO3/c1-3-13(2,17)10-14-8-4-5-11(9-14)6-7-12(15)16/h11,17H,3-10H2,1-2H3,(H,15,16). The number of nitrogens with zero attached hydrogens (tertiary/aromatic N) is 1. The van der Waals surface area contributed by atoms with Crippen LogP contribution in [-0.4, -0.2) is 46.3 Å². The zero-order valence-electron chi connectivity index (χ0n) is 11.0. The van der Waals surface area contributed by atoms with E-state index in [0.29, 0.717) is 12.5 Å². The van der Waals surface area contributed by atoms with E-state index in [0.717, 1.165) is 38.8 Å². The number of rotatable bonds is 6. The number of hydrogen-bond donors (Lipinski definition) is 2. The Bertz CT molecular complexity index is 253. The van der Waals surface area contributed by atoms with Gasteiger partial charge in [0.25, 0.3) is 0 Å². The highest BCUT2D eigenvalue weighted by molar-refractivity contribution is 5.66. The summed E-state index contributed by atoms with van der Waals surface area (Å²) in [4.78, 5) is 12.8. The van der Waals surface area contributed by atoms with E-state index in [1.165, 1.54) is 0 Å². The first-order chi connectivity index (χ1) is 7.93. The summed E-state index contributed by atoms with van der Waals surface area (Å²) in [6.45, 7) is 6.52. The van der Waals surface area contributed by atoms with Crippen molar-refractivity contribution in [1.29, 1.82) is 0 Å². The van der Waals surface area contributed by atoms with E-state index >= 15 is 0 Å². The molecule has 1 heterocycles. The van der Waals surface area contributed by atoms with Gasteiger partial charge in [-0.15, -0.1) is 0 Å². The zero-order valence-corrected chi connectivity index (χ0v) is 11.0. The first kappa shape index (κ1) is 14.5. The number of hydrogen-bond acceptors (Lipinski definition) is 3. The van der Waals surface area contributed by atoms with Crippen molar-refractivity contribution in [2.45, 2.75) is 51.6 Å². The summed E-state index contributed by atoms with van der Waals surface area (Å²) in [6.07, 6.45) is 4.02. The van der Waals surface area contributed by atoms with Crippen LogP contribution in [0.25, 0.3) is 0 Å². The van der Waals surface area contributed by atoms with Crippen LogP contribution in [0.15, 0.2) is 0 Å². The maximum Gasteiger partial charge on any atom is 0.303 e. The average Bonchev–Trinajstić information content (AvgIpc) is 2.26. The van der Waals surface area contributed by atoms with Crippen LogP contribution < -0.4 is 0 Å². The van der Waals surface area contributed by atoms with Gasteiger partial charge >= 0.3 is 5.97 Å². The van der Waals surface area contributed by atoms with E-state index in [1.54, 1.807) is 0 Å². The molecule has 0 saturated carbocycles. The molecule has 0 aliphatic carbocycles. The second kappa shape index (κ2) is 6.36. The number of aliphatic hydroxyl groups is 1. The summed E-state index contributed by atoms with van der Waals surface area (Å²) in [5, 5.41) is 18.7. The van der Waals surface area contributed by atoms with Crippen molar-refractivity contribution in [3.63, 3.8) is 0 Å². The number of aliphatic carboxylic acids is 1. The van der Waals surface area contributed by atoms with E-state index in [2.05, 4.69) is 4.90 Å². The van der Waals surface area contributed by atoms with Crippen LogP contribution in [0.5, 0.6) is 0 Å². The van der Waals surface area contributed by atoms with Gasteiger partial charge in [-0.1, -0.05) is 6.92 Å². The van der Waals surface area contributed by atoms with Crippen molar-refractivity contribution in [2.24, 2.45) is 5.92 Å². The molecule has 1 aliphatic rings. The van der Waals surface area contributed by atoms with E-state index in [9.17, 15) is 9.90 Å². The van der Waals surface area contributed by atoms with Crippen molar-refractivity contribution in [1.82, 2.24) is 4.90 Å². The van der Waals surface area contributed by atoms with Crippen molar-refractivity contribution in [3.8, 4) is 0 Å². The fraction of sp³-hybridized carbons (Fsp3) is 0.923. The molecule has 2 unspecified atom stereocenters. The van der Waals surface area contributed by atoms with Crippen LogP contribution >= 0.6 is 0 Å². The van der Waals surface area contributed by atoms with Crippen molar-refractivity contribution < 1.29 is 15.0 Å². The second-order valence-corrected chi connectivity index (χ2v) is 5.53. The summed E-state index contributed by atoms with van der Waals surface area (Å²) in [5.74, 6) is -0.227. The number of carboxylic acid groups (broad SMARTS) is 1. The molecule has 17 heavy (non-hydrogen) atoms. The molecule has 4 heteroatoms. The maximum absolute atomic E-state index is 10.5. The minimum Gasteiger partial charge on any atom is -0.481 e. The van der Waals surface area contributed by atoms with Crippen molar-refractivity contribution >= 4 is 5.97 Å². The Labute approximate surface area is 104 Å². The van der Waals surface area contributed by atoms with Gasteiger partial charge in [0.1, 0.15) is 0 Å². The number of likely N-dealkylation sites (tertiary alicyclic amines) is 1. The molecule has 1 aliphatic heterocycles. The predicted molar refractivity (Wildman–Crippen MR) is 66.9 cm³/mol. The molecule has 0 aromatic rings. The van der Waals surface area contributed by atoms with Gasteiger partial charge in [0.05, 0.1) is 5.60 Å². The molecule has 2 atom stereocenters. The Hall–Kier alpha value is -0.610. The van der Waals surface area contributed by atoms with Crippen LogP contribution in [0.4, 0.5) is 0 Å². The Morgan fingerprint density at radius 3 is 2.82 bits per heavy atom. The number of piperidine rings is 1. The monoisotopic (exact) mass is 243 g/mol. The molecule has 1 fully saturated rings. The molecule has 1 rings (SSSR count). The van der Waals surface area contributed by atoms with Crippen LogP contribution in [0.2, 0.25) is 0 Å². The summed E-state index contributed by atoms with van der Waals surface area (Å²) < 4.78 is 0. The minimum absolute atomic E-state index is 0.267. The lowest BCUT2D eigenvalue weighted by Crippen LogP contribution is -2.45. The summed E-state index contributed by atoms with van der Waals surface area (Å²) in [7, 11) is 0. The normalized spacial score (nSPS) is 25.5. The van der Waals surface area contributed by atoms with Crippen LogP contribution in [-0.2, 0) is 4.79 Å². The van der Waals surface area contributed by atoms with E-state index < -0.39 is 11.6 Å². The highest BCUT2D eigenvalue weighted by Crippen LogP contribution is 2.23. The average molecular weight is 243 g/mol. The predicted octanol–water partition coefficient (Wildman–Crippen LogP) is 1.72. The lowest BCUT2D eigenvalue weighted by Gasteiger charge is -2.37. The van der Waals surface area contributed by atoms with Gasteiger partial charge in [0, 0.05) is 19.5 Å². The van der Waals surface area contributed by atoms with Gasteiger partial charge in [0.15, 0.2) is 0 Å². The summed E-state index contributed by atoms with van der Waals surface area (Å²) in [5.41, 5.74) is -0.616. The third-order valence-corrected chi connectivity index (χ3v) is 3.70. The summed E-state index contributed by atoms with van der Waals surface area (Å²) in [6, 6.07) is 0. The first-order valence-electron chi connectivity index (χ1n) is 6.59. The van der Waals surface area contributed by atoms with Crippen LogP contribution in [0.3, 0.4) is 0 Å². The zero-order chi connectivity index (χ0) is 12.9. The first-order valence-corrected chi connectivity index (χ1v) is 6.59. The Kier molecular flexibility index (Phi) is 5.40. The largest absolute Gasteiger partial charge is 0.481 e. The molecular formula is C13H25NO3. The van der Waals surface area contributed by atoms with E-state index in [-0.39, 0.29) is 6.42 Å². The second-order valence-electron chi connectivity index (χ2n) is 5.53. The van der Waals surface area contributed by atoms with Crippen LogP contribution in [0.1, 0.15) is 46.0 Å². The topological polar surface area (TPSA) is 60.8 Å². The molecule has 0 bridgehead atoms. The third-order valence-electron chi connectivity index (χ3n) is 3.70. The SMILES string of the molecule is CCC(C)(O)CN1CCCC(CCC(=O)O)C1. The molecule has 1 saturated heterocycles. The Morgan fingerprint density at radius 1 is 1.53 bits per heavy atom. The molecule has 4 nitrogen and oxygen atoms in total. The van der Waals surface area contributed by atoms with Crippen molar-refractivity contribution in [3.05, 3.63) is 0 Å². The number of carboxylic acids is 1. The van der Waals surface area contributed by atoms with Crippen LogP contribution in [0, 0.1) is 5.92 Å². The fourth-order valence-electron chi connectivity index (χ4n) is 2.45. The molecular weight excluding hydrogens is 218 g/mol. The van der Waals surface area contributed by atoms with Gasteiger partial charge in [-0.3, -0.25) is 4.79 Å². The van der Waals surface area contributed by atoms with Gasteiger partial charge in [-0.2, -0.15) is 0 Å². The van der Waals surface area contributed by atoms with E-state index in [1.807, 2.05) is 13.8 Å². The smallest absolute Gasteiger partial charge is 0.303 e. The molecule has 0 amide bonds. The van der Waals surface area contributed by atoms with Gasteiger partial charge in [-0.25, -0.2) is 0 Å². The van der Waals surface area contributed by atoms with Crippen molar-refractivity contribution in [2.75, 3.05) is 19.6 Å². The third kappa shape index (κ3) is 5.50. The lowest BCUT2D eigenvalue weighted by molar-refractivity contribution is -0.137.